The van der Waals surface area contributed by atoms with Crippen LogP contribution in [0.3, 0.4) is 0 Å². The highest BCUT2D eigenvalue weighted by Gasteiger charge is 2.25. The minimum absolute atomic E-state index is 0.0358. The van der Waals surface area contributed by atoms with E-state index in [0.717, 1.165) is 16.4 Å². The van der Waals surface area contributed by atoms with Gasteiger partial charge in [-0.1, -0.05) is 6.92 Å². The molecule has 8 heteroatoms. The standard InChI is InChI=1S/C11H16FN3O3S/c1-3-15(6-11(14)16)19(17,18)8-4-9(12)7(2)10(13)5-8/h4-5H,3,6,13H2,1-2H3,(H2,14,16). The van der Waals surface area contributed by atoms with E-state index in [9.17, 15) is 17.6 Å². The molecule has 0 spiro atoms. The number of anilines is 1. The molecule has 0 heterocycles. The van der Waals surface area contributed by atoms with Crippen molar-refractivity contribution >= 4 is 21.6 Å². The molecule has 1 aromatic rings. The number of hydrogen-bond donors (Lipinski definition) is 2. The highest BCUT2D eigenvalue weighted by atomic mass is 32.2. The Morgan fingerprint density at radius 1 is 1.42 bits per heavy atom. The molecule has 1 aromatic carbocycles. The lowest BCUT2D eigenvalue weighted by Crippen LogP contribution is -2.38. The number of nitrogen functional groups attached to an aromatic ring is 1. The molecular weight excluding hydrogens is 273 g/mol. The van der Waals surface area contributed by atoms with Crippen LogP contribution in [0.5, 0.6) is 0 Å². The third-order valence-corrected chi connectivity index (χ3v) is 4.58. The van der Waals surface area contributed by atoms with Gasteiger partial charge in [0.05, 0.1) is 11.4 Å². The second-order valence-electron chi connectivity index (χ2n) is 4.02. The van der Waals surface area contributed by atoms with Crippen molar-refractivity contribution in [2.75, 3.05) is 18.8 Å². The van der Waals surface area contributed by atoms with Gasteiger partial charge in [0.1, 0.15) is 5.82 Å². The van der Waals surface area contributed by atoms with Gasteiger partial charge in [0.25, 0.3) is 0 Å². The van der Waals surface area contributed by atoms with Gasteiger partial charge in [-0.25, -0.2) is 12.8 Å². The molecule has 1 rings (SSSR count). The third kappa shape index (κ3) is 3.21. The van der Waals surface area contributed by atoms with E-state index in [2.05, 4.69) is 0 Å². The maximum atomic E-state index is 13.5. The molecule has 0 aromatic heterocycles. The van der Waals surface area contributed by atoms with Crippen molar-refractivity contribution in [2.45, 2.75) is 18.7 Å². The predicted octanol–water partition coefficient (Wildman–Crippen LogP) is 0.212. The quantitative estimate of drug-likeness (QED) is 0.756. The molecule has 0 aliphatic carbocycles. The number of amides is 1. The van der Waals surface area contributed by atoms with Crippen LogP contribution < -0.4 is 11.5 Å². The Bertz CT molecular complexity index is 578. The number of halogens is 1. The van der Waals surface area contributed by atoms with Gasteiger partial charge in [-0.05, 0) is 19.1 Å². The van der Waals surface area contributed by atoms with Gasteiger partial charge in [0, 0.05) is 17.8 Å². The molecule has 0 fully saturated rings. The van der Waals surface area contributed by atoms with Crippen molar-refractivity contribution in [1.82, 2.24) is 4.31 Å². The summed E-state index contributed by atoms with van der Waals surface area (Å²) in [6.07, 6.45) is 0. The normalized spacial score (nSPS) is 11.8. The number of rotatable bonds is 5. The molecule has 0 unspecified atom stereocenters. The molecule has 0 radical (unpaired) electrons. The Morgan fingerprint density at radius 3 is 2.42 bits per heavy atom. The van der Waals surface area contributed by atoms with E-state index in [-0.39, 0.29) is 22.7 Å². The zero-order chi connectivity index (χ0) is 14.8. The largest absolute Gasteiger partial charge is 0.398 e. The van der Waals surface area contributed by atoms with Crippen LogP contribution in [0.2, 0.25) is 0 Å². The number of sulfonamides is 1. The molecule has 0 aliphatic heterocycles. The van der Waals surface area contributed by atoms with E-state index < -0.39 is 28.3 Å². The first-order valence-electron chi connectivity index (χ1n) is 5.54. The van der Waals surface area contributed by atoms with Crippen molar-refractivity contribution in [3.63, 3.8) is 0 Å². The van der Waals surface area contributed by atoms with Gasteiger partial charge >= 0.3 is 0 Å². The number of likely N-dealkylation sites (N-methyl/N-ethyl adjacent to an activating group) is 1. The van der Waals surface area contributed by atoms with Gasteiger partial charge in [0.2, 0.25) is 15.9 Å². The van der Waals surface area contributed by atoms with Gasteiger partial charge in [0.15, 0.2) is 0 Å². The molecule has 4 N–H and O–H groups in total. The zero-order valence-corrected chi connectivity index (χ0v) is 11.5. The summed E-state index contributed by atoms with van der Waals surface area (Å²) in [6.45, 7) is 2.57. The van der Waals surface area contributed by atoms with E-state index in [1.807, 2.05) is 0 Å². The van der Waals surface area contributed by atoms with E-state index in [1.165, 1.54) is 6.92 Å². The first-order valence-corrected chi connectivity index (χ1v) is 6.98. The van der Waals surface area contributed by atoms with Gasteiger partial charge in [-0.3, -0.25) is 4.79 Å². The van der Waals surface area contributed by atoms with Crippen molar-refractivity contribution in [2.24, 2.45) is 5.73 Å². The Kier molecular flexibility index (Phi) is 4.48. The summed E-state index contributed by atoms with van der Waals surface area (Å²) in [7, 11) is -4.00. The number of nitrogens with two attached hydrogens (primary N) is 2. The summed E-state index contributed by atoms with van der Waals surface area (Å²) in [4.78, 5) is 10.6. The SMILES string of the molecule is CCN(CC(N)=O)S(=O)(=O)c1cc(N)c(C)c(F)c1. The molecule has 0 aliphatic rings. The second kappa shape index (κ2) is 5.54. The van der Waals surface area contributed by atoms with Crippen LogP contribution >= 0.6 is 0 Å². The fraction of sp³-hybridized carbons (Fsp3) is 0.364. The van der Waals surface area contributed by atoms with Crippen molar-refractivity contribution in [1.29, 1.82) is 0 Å². The van der Waals surface area contributed by atoms with Gasteiger partial charge < -0.3 is 11.5 Å². The van der Waals surface area contributed by atoms with Crippen molar-refractivity contribution < 1.29 is 17.6 Å². The van der Waals surface area contributed by atoms with Gasteiger partial charge in [-0.15, -0.1) is 0 Å². The lowest BCUT2D eigenvalue weighted by atomic mass is 10.2. The summed E-state index contributed by atoms with van der Waals surface area (Å²) < 4.78 is 38.8. The Balaban J connectivity index is 3.30. The maximum Gasteiger partial charge on any atom is 0.243 e. The van der Waals surface area contributed by atoms with Crippen LogP contribution in [0.1, 0.15) is 12.5 Å². The van der Waals surface area contributed by atoms with E-state index in [1.54, 1.807) is 6.92 Å². The molecule has 1 amide bonds. The molecule has 6 nitrogen and oxygen atoms in total. The monoisotopic (exact) mass is 289 g/mol. The zero-order valence-electron chi connectivity index (χ0n) is 10.7. The van der Waals surface area contributed by atoms with Crippen molar-refractivity contribution in [3.05, 3.63) is 23.5 Å². The summed E-state index contributed by atoms with van der Waals surface area (Å²) in [5.74, 6) is -1.50. The number of carbonyl (C=O) groups excluding carboxylic acids is 1. The Labute approximate surface area is 111 Å². The van der Waals surface area contributed by atoms with Crippen molar-refractivity contribution in [3.8, 4) is 0 Å². The summed E-state index contributed by atoms with van der Waals surface area (Å²) in [5.41, 5.74) is 10.7. The summed E-state index contributed by atoms with van der Waals surface area (Å²) in [6, 6.07) is 2.04. The predicted molar refractivity (Wildman–Crippen MR) is 69.2 cm³/mol. The van der Waals surface area contributed by atoms with Crippen LogP contribution in [0.4, 0.5) is 10.1 Å². The molecule has 0 saturated carbocycles. The third-order valence-electron chi connectivity index (χ3n) is 2.68. The number of primary amides is 1. The first-order chi connectivity index (χ1) is 8.70. The molecule has 106 valence electrons. The fourth-order valence-corrected chi connectivity index (χ4v) is 2.98. The van der Waals surface area contributed by atoms with E-state index in [0.29, 0.717) is 0 Å². The van der Waals surface area contributed by atoms with Crippen LogP contribution in [-0.2, 0) is 14.8 Å². The Hall–Kier alpha value is -1.67. The Morgan fingerprint density at radius 2 is 2.00 bits per heavy atom. The minimum atomic E-state index is -4.00. The number of nitrogens with zero attached hydrogens (tertiary/aromatic N) is 1. The topological polar surface area (TPSA) is 106 Å². The van der Waals surface area contributed by atoms with Crippen LogP contribution in [0.15, 0.2) is 17.0 Å². The number of hydrogen-bond acceptors (Lipinski definition) is 4. The van der Waals surface area contributed by atoms with E-state index in [4.69, 9.17) is 11.5 Å². The molecule has 0 bridgehead atoms. The average molecular weight is 289 g/mol. The van der Waals surface area contributed by atoms with E-state index >= 15 is 0 Å². The molecular formula is C11H16FN3O3S. The first kappa shape index (κ1) is 15.4. The van der Waals surface area contributed by atoms with Crippen LogP contribution in [0, 0.1) is 12.7 Å². The van der Waals surface area contributed by atoms with Crippen LogP contribution in [-0.4, -0.2) is 31.7 Å². The van der Waals surface area contributed by atoms with Crippen LogP contribution in [0.25, 0.3) is 0 Å². The number of benzene rings is 1. The lowest BCUT2D eigenvalue weighted by molar-refractivity contribution is -0.118. The highest BCUT2D eigenvalue weighted by molar-refractivity contribution is 7.89. The summed E-state index contributed by atoms with van der Waals surface area (Å²) in [5, 5.41) is 0. The molecule has 0 saturated heterocycles. The molecule has 19 heavy (non-hydrogen) atoms. The fourth-order valence-electron chi connectivity index (χ4n) is 1.51. The summed E-state index contributed by atoms with van der Waals surface area (Å²) >= 11 is 0. The average Bonchev–Trinajstić information content (AvgIpc) is 2.31. The highest BCUT2D eigenvalue weighted by Crippen LogP contribution is 2.23. The minimum Gasteiger partial charge on any atom is -0.398 e. The molecule has 0 atom stereocenters. The lowest BCUT2D eigenvalue weighted by Gasteiger charge is -2.19. The van der Waals surface area contributed by atoms with Gasteiger partial charge in [-0.2, -0.15) is 4.31 Å². The smallest absolute Gasteiger partial charge is 0.243 e. The second-order valence-corrected chi connectivity index (χ2v) is 5.95. The number of carbonyl (C=O) groups is 1. The maximum absolute atomic E-state index is 13.5.